The van der Waals surface area contributed by atoms with Crippen LogP contribution in [0.3, 0.4) is 0 Å². The van der Waals surface area contributed by atoms with Crippen LogP contribution in [-0.2, 0) is 9.53 Å². The molecule has 0 aliphatic carbocycles. The largest absolute Gasteiger partial charge is 0.434 e. The van der Waals surface area contributed by atoms with Gasteiger partial charge >= 0.3 is 5.97 Å². The fourth-order valence-electron chi connectivity index (χ4n) is 0.727. The van der Waals surface area contributed by atoms with Crippen LogP contribution in [0.15, 0.2) is 49.8 Å². The van der Waals surface area contributed by atoms with Crippen LogP contribution in [0.5, 0.6) is 0 Å². The van der Waals surface area contributed by atoms with Gasteiger partial charge in [-0.3, -0.25) is 4.79 Å². The summed E-state index contributed by atoms with van der Waals surface area (Å²) < 4.78 is 4.58. The van der Waals surface area contributed by atoms with Gasteiger partial charge in [-0.15, -0.1) is 0 Å². The number of esters is 1. The molecule has 0 heterocycles. The van der Waals surface area contributed by atoms with Crippen molar-refractivity contribution < 1.29 is 9.53 Å². The van der Waals surface area contributed by atoms with E-state index in [0.29, 0.717) is 0 Å². The van der Waals surface area contributed by atoms with Crippen molar-refractivity contribution in [3.05, 3.63) is 49.8 Å². The monoisotopic (exact) mass is 189 g/mol. The van der Waals surface area contributed by atoms with Gasteiger partial charge in [0.05, 0.1) is 18.2 Å². The fraction of sp³-hybridized carbons (Fsp3) is 0.0909. The van der Waals surface area contributed by atoms with E-state index in [2.05, 4.69) is 17.9 Å². The summed E-state index contributed by atoms with van der Waals surface area (Å²) in [6.45, 7) is 6.74. The van der Waals surface area contributed by atoms with Gasteiger partial charge in [-0.1, -0.05) is 37.5 Å². The predicted molar refractivity (Wildman–Crippen MR) is 53.9 cm³/mol. The number of nitriles is 1. The lowest BCUT2D eigenvalue weighted by molar-refractivity contribution is -0.139. The lowest BCUT2D eigenvalue weighted by Crippen LogP contribution is -2.10. The first-order chi connectivity index (χ1) is 6.76. The van der Waals surface area contributed by atoms with Crippen LogP contribution in [0.2, 0.25) is 0 Å². The molecular weight excluding hydrogens is 178 g/mol. The maximum absolute atomic E-state index is 11.2. The Bertz CT molecular complexity index is 308. The van der Waals surface area contributed by atoms with Crippen molar-refractivity contribution >= 4 is 5.97 Å². The third-order valence-corrected chi connectivity index (χ3v) is 1.30. The molecule has 0 aromatic rings. The summed E-state index contributed by atoms with van der Waals surface area (Å²) in [5.74, 6) is -1.06. The van der Waals surface area contributed by atoms with E-state index in [-0.39, 0.29) is 0 Å². The summed E-state index contributed by atoms with van der Waals surface area (Å²) >= 11 is 0. The molecule has 0 aliphatic heterocycles. The molecule has 72 valence electrons. The van der Waals surface area contributed by atoms with Crippen molar-refractivity contribution in [2.75, 3.05) is 0 Å². The quantitative estimate of drug-likeness (QED) is 0.288. The highest BCUT2D eigenvalue weighted by atomic mass is 16.5. The Morgan fingerprint density at radius 1 is 1.43 bits per heavy atom. The second-order valence-corrected chi connectivity index (χ2v) is 2.24. The molecule has 14 heavy (non-hydrogen) atoms. The molecule has 0 aliphatic rings. The molecule has 3 heteroatoms. The third-order valence-electron chi connectivity index (χ3n) is 1.30. The lowest BCUT2D eigenvalue weighted by atomic mass is 10.1. The number of hydrogen-bond donors (Lipinski definition) is 0. The molecule has 0 radical (unpaired) electrons. The molecule has 1 atom stereocenters. The number of carbonyl (C=O) groups excluding carboxylic acids is 1. The van der Waals surface area contributed by atoms with Crippen LogP contribution in [0.1, 0.15) is 0 Å². The van der Waals surface area contributed by atoms with Crippen molar-refractivity contribution in [3.8, 4) is 6.07 Å². The summed E-state index contributed by atoms with van der Waals surface area (Å²) in [4.78, 5) is 11.2. The molecule has 0 aromatic heterocycles. The van der Waals surface area contributed by atoms with Crippen molar-refractivity contribution in [3.63, 3.8) is 0 Å². The van der Waals surface area contributed by atoms with Gasteiger partial charge in [-0.2, -0.15) is 5.26 Å². The minimum atomic E-state index is -0.578. The molecule has 0 aromatic carbocycles. The van der Waals surface area contributed by atoms with Crippen LogP contribution < -0.4 is 0 Å². The molecular formula is C11H11NO2. The number of ether oxygens (including phenoxy) is 1. The molecule has 1 unspecified atom stereocenters. The highest BCUT2D eigenvalue weighted by molar-refractivity contribution is 5.77. The molecule has 0 amide bonds. The van der Waals surface area contributed by atoms with Crippen molar-refractivity contribution in [1.29, 1.82) is 5.26 Å². The van der Waals surface area contributed by atoms with Crippen LogP contribution in [-0.4, -0.2) is 5.97 Å². The standard InChI is InChI=1S/C11H11NO2/c1-3-5-7-10(8-6-9-12)11(13)14-4-2/h3-8,10H,1-2H2. The Kier molecular flexibility index (Phi) is 6.44. The Labute approximate surface area is 83.3 Å². The highest BCUT2D eigenvalue weighted by Crippen LogP contribution is 2.04. The Morgan fingerprint density at radius 3 is 2.64 bits per heavy atom. The zero-order valence-corrected chi connectivity index (χ0v) is 7.72. The van der Waals surface area contributed by atoms with E-state index in [4.69, 9.17) is 5.26 Å². The molecule has 0 saturated heterocycles. The van der Waals surface area contributed by atoms with Gasteiger partial charge < -0.3 is 4.74 Å². The molecule has 3 nitrogen and oxygen atoms in total. The summed E-state index contributed by atoms with van der Waals surface area (Å²) in [7, 11) is 0. The average molecular weight is 189 g/mol. The van der Waals surface area contributed by atoms with Crippen LogP contribution in [0.4, 0.5) is 0 Å². The van der Waals surface area contributed by atoms with Gasteiger partial charge in [0.1, 0.15) is 0 Å². The maximum atomic E-state index is 11.2. The Hall–Kier alpha value is -2.08. The van der Waals surface area contributed by atoms with Crippen LogP contribution in [0.25, 0.3) is 0 Å². The molecule has 0 N–H and O–H groups in total. The number of nitrogens with zero attached hydrogens (tertiary/aromatic N) is 1. The number of hydrogen-bond acceptors (Lipinski definition) is 3. The summed E-state index contributed by atoms with van der Waals surface area (Å²) in [6.07, 6.45) is 8.43. The second-order valence-electron chi connectivity index (χ2n) is 2.24. The van der Waals surface area contributed by atoms with E-state index in [0.717, 1.165) is 6.26 Å². The van der Waals surface area contributed by atoms with Crippen LogP contribution in [0, 0.1) is 17.2 Å². The maximum Gasteiger partial charge on any atom is 0.321 e. The fourth-order valence-corrected chi connectivity index (χ4v) is 0.727. The van der Waals surface area contributed by atoms with Gasteiger partial charge in [0.2, 0.25) is 0 Å². The molecule has 0 rings (SSSR count). The molecule has 0 fully saturated rings. The minimum Gasteiger partial charge on any atom is -0.434 e. The van der Waals surface area contributed by atoms with E-state index in [1.807, 2.05) is 0 Å². The molecule has 0 saturated carbocycles. The van der Waals surface area contributed by atoms with Gasteiger partial charge in [0, 0.05) is 6.08 Å². The minimum absolute atomic E-state index is 0.482. The normalized spacial score (nSPS) is 12.2. The highest BCUT2D eigenvalue weighted by Gasteiger charge is 2.11. The van der Waals surface area contributed by atoms with E-state index in [1.165, 1.54) is 18.2 Å². The van der Waals surface area contributed by atoms with Crippen molar-refractivity contribution in [2.24, 2.45) is 5.92 Å². The molecule has 0 spiro atoms. The lowest BCUT2D eigenvalue weighted by Gasteiger charge is -2.03. The van der Waals surface area contributed by atoms with Crippen molar-refractivity contribution in [2.45, 2.75) is 0 Å². The summed E-state index contributed by atoms with van der Waals surface area (Å²) in [5.41, 5.74) is 0. The first-order valence-corrected chi connectivity index (χ1v) is 3.93. The first kappa shape index (κ1) is 11.9. The zero-order chi connectivity index (χ0) is 10.8. The van der Waals surface area contributed by atoms with E-state index >= 15 is 0 Å². The topological polar surface area (TPSA) is 50.1 Å². The number of rotatable bonds is 5. The predicted octanol–water partition coefficient (Wildman–Crippen LogP) is 2.11. The summed E-state index contributed by atoms with van der Waals surface area (Å²) in [6, 6.07) is 1.80. The van der Waals surface area contributed by atoms with Crippen molar-refractivity contribution in [1.82, 2.24) is 0 Å². The number of carbonyl (C=O) groups is 1. The van der Waals surface area contributed by atoms with Gasteiger partial charge in [0.15, 0.2) is 0 Å². The van der Waals surface area contributed by atoms with E-state index in [1.54, 1.807) is 18.2 Å². The van der Waals surface area contributed by atoms with Gasteiger partial charge in [-0.05, 0) is 0 Å². The van der Waals surface area contributed by atoms with Gasteiger partial charge in [0.25, 0.3) is 0 Å². The summed E-state index contributed by atoms with van der Waals surface area (Å²) in [5, 5.41) is 8.30. The zero-order valence-electron chi connectivity index (χ0n) is 7.72. The smallest absolute Gasteiger partial charge is 0.321 e. The second kappa shape index (κ2) is 7.56. The van der Waals surface area contributed by atoms with Gasteiger partial charge in [-0.25, -0.2) is 0 Å². The number of allylic oxidation sites excluding steroid dienone is 3. The van der Waals surface area contributed by atoms with Crippen LogP contribution >= 0.6 is 0 Å². The third kappa shape index (κ3) is 4.73. The first-order valence-electron chi connectivity index (χ1n) is 3.93. The SMILES string of the molecule is C=CC=CC(C=CC#N)C(=O)OC=C. The Balaban J connectivity index is 4.54. The molecule has 0 bridgehead atoms. The van der Waals surface area contributed by atoms with E-state index < -0.39 is 11.9 Å². The Morgan fingerprint density at radius 2 is 2.14 bits per heavy atom. The van der Waals surface area contributed by atoms with E-state index in [9.17, 15) is 4.79 Å². The average Bonchev–Trinajstić information content (AvgIpc) is 2.18.